The summed E-state index contributed by atoms with van der Waals surface area (Å²) in [7, 11) is 4.40. The molecular formula is C19H17ClO5. The number of carbonyl (C=O) groups excluding carboxylic acids is 2. The van der Waals surface area contributed by atoms with E-state index in [4.69, 9.17) is 25.8 Å². The summed E-state index contributed by atoms with van der Waals surface area (Å²) >= 11 is 6.02. The summed E-state index contributed by atoms with van der Waals surface area (Å²) < 4.78 is 16.0. The molecule has 0 amide bonds. The van der Waals surface area contributed by atoms with E-state index in [2.05, 4.69) is 0 Å². The molecule has 0 saturated carbocycles. The molecule has 0 fully saturated rings. The van der Waals surface area contributed by atoms with E-state index in [9.17, 15) is 9.59 Å². The average molecular weight is 361 g/mol. The number of halogens is 1. The van der Waals surface area contributed by atoms with Crippen LogP contribution < -0.4 is 14.2 Å². The third-order valence-corrected chi connectivity index (χ3v) is 4.69. The molecule has 0 unspecified atom stereocenters. The molecule has 130 valence electrons. The molecule has 0 radical (unpaired) electrons. The number of ketones is 2. The average Bonchev–Trinajstić information content (AvgIpc) is 2.63. The van der Waals surface area contributed by atoms with Gasteiger partial charge in [0.1, 0.15) is 17.2 Å². The van der Waals surface area contributed by atoms with E-state index in [0.29, 0.717) is 22.6 Å². The molecule has 2 aromatic carbocycles. The first kappa shape index (κ1) is 17.3. The predicted octanol–water partition coefficient (Wildman–Crippen LogP) is 3.54. The van der Waals surface area contributed by atoms with Gasteiger partial charge in [-0.05, 0) is 24.6 Å². The highest BCUT2D eigenvalue weighted by Crippen LogP contribution is 2.42. The van der Waals surface area contributed by atoms with Crippen molar-refractivity contribution in [1.29, 1.82) is 0 Å². The SMILES string of the molecule is COc1cc(OC)c2c(c1)C(=O)c1cc(C)c(CCl)c(OC)c1C2=O. The summed E-state index contributed by atoms with van der Waals surface area (Å²) in [5.74, 6) is 0.647. The molecule has 0 heterocycles. The van der Waals surface area contributed by atoms with Gasteiger partial charge in [-0.15, -0.1) is 11.6 Å². The second kappa shape index (κ2) is 6.41. The lowest BCUT2D eigenvalue weighted by Crippen LogP contribution is -2.23. The molecule has 1 aliphatic rings. The van der Waals surface area contributed by atoms with Crippen molar-refractivity contribution in [2.45, 2.75) is 12.8 Å². The molecule has 5 nitrogen and oxygen atoms in total. The van der Waals surface area contributed by atoms with Crippen LogP contribution in [0.3, 0.4) is 0 Å². The fourth-order valence-corrected chi connectivity index (χ4v) is 3.51. The Bertz CT molecular complexity index is 901. The van der Waals surface area contributed by atoms with Gasteiger partial charge in [0.15, 0.2) is 5.78 Å². The molecule has 3 rings (SSSR count). The highest BCUT2D eigenvalue weighted by molar-refractivity contribution is 6.30. The standard InChI is InChI=1S/C19H17ClO5/c1-9-5-11-16(19(25-4)13(9)8-20)18(22)15-12(17(11)21)6-10(23-2)7-14(15)24-3/h5-7H,8H2,1-4H3. The minimum Gasteiger partial charge on any atom is -0.497 e. The number of methoxy groups -OCH3 is 3. The Hall–Kier alpha value is -2.53. The van der Waals surface area contributed by atoms with Crippen LogP contribution in [0.2, 0.25) is 0 Å². The van der Waals surface area contributed by atoms with Crippen LogP contribution in [0.15, 0.2) is 18.2 Å². The third-order valence-electron chi connectivity index (χ3n) is 4.42. The van der Waals surface area contributed by atoms with Gasteiger partial charge in [-0.2, -0.15) is 0 Å². The zero-order chi connectivity index (χ0) is 18.3. The van der Waals surface area contributed by atoms with Crippen LogP contribution in [0.5, 0.6) is 17.2 Å². The zero-order valence-electron chi connectivity index (χ0n) is 14.4. The number of aryl methyl sites for hydroxylation is 1. The van der Waals surface area contributed by atoms with Crippen molar-refractivity contribution in [2.75, 3.05) is 21.3 Å². The summed E-state index contributed by atoms with van der Waals surface area (Å²) in [6.07, 6.45) is 0. The van der Waals surface area contributed by atoms with Crippen molar-refractivity contribution in [3.63, 3.8) is 0 Å². The Balaban J connectivity index is 2.38. The molecule has 1 aliphatic carbocycles. The second-order valence-corrected chi connectivity index (χ2v) is 5.94. The summed E-state index contributed by atoms with van der Waals surface area (Å²) in [6, 6.07) is 4.82. The highest BCUT2D eigenvalue weighted by atomic mass is 35.5. The minimum absolute atomic E-state index is 0.177. The summed E-state index contributed by atoms with van der Waals surface area (Å²) in [6.45, 7) is 1.83. The fourth-order valence-electron chi connectivity index (χ4n) is 3.18. The van der Waals surface area contributed by atoms with E-state index in [0.717, 1.165) is 5.56 Å². The lowest BCUT2D eigenvalue weighted by atomic mass is 9.81. The number of fused-ring (bicyclic) bond motifs is 2. The summed E-state index contributed by atoms with van der Waals surface area (Å²) in [4.78, 5) is 26.3. The molecule has 2 aromatic rings. The Morgan fingerprint density at radius 1 is 0.880 bits per heavy atom. The van der Waals surface area contributed by atoms with Gasteiger partial charge in [0, 0.05) is 22.8 Å². The van der Waals surface area contributed by atoms with Crippen LogP contribution in [-0.2, 0) is 5.88 Å². The minimum atomic E-state index is -0.327. The van der Waals surface area contributed by atoms with Crippen LogP contribution in [-0.4, -0.2) is 32.9 Å². The molecule has 0 aromatic heterocycles. The van der Waals surface area contributed by atoms with E-state index >= 15 is 0 Å². The van der Waals surface area contributed by atoms with E-state index in [1.54, 1.807) is 18.2 Å². The molecule has 0 atom stereocenters. The van der Waals surface area contributed by atoms with Gasteiger partial charge in [-0.25, -0.2) is 0 Å². The van der Waals surface area contributed by atoms with Crippen molar-refractivity contribution in [1.82, 2.24) is 0 Å². The molecule has 0 N–H and O–H groups in total. The number of benzene rings is 2. The molecule has 0 aliphatic heterocycles. The maximum Gasteiger partial charge on any atom is 0.202 e. The Labute approximate surface area is 150 Å². The second-order valence-electron chi connectivity index (χ2n) is 5.67. The number of alkyl halides is 1. The van der Waals surface area contributed by atoms with Crippen molar-refractivity contribution in [3.05, 3.63) is 51.6 Å². The molecule has 0 spiro atoms. The lowest BCUT2D eigenvalue weighted by Gasteiger charge is -2.24. The number of rotatable bonds is 4. The molecule has 25 heavy (non-hydrogen) atoms. The van der Waals surface area contributed by atoms with Crippen LogP contribution in [0.1, 0.15) is 43.0 Å². The topological polar surface area (TPSA) is 61.8 Å². The molecule has 6 heteroatoms. The van der Waals surface area contributed by atoms with Crippen molar-refractivity contribution in [3.8, 4) is 17.2 Å². The predicted molar refractivity (Wildman–Crippen MR) is 93.7 cm³/mol. The normalized spacial score (nSPS) is 12.5. The zero-order valence-corrected chi connectivity index (χ0v) is 15.1. The molecule has 0 saturated heterocycles. The lowest BCUT2D eigenvalue weighted by molar-refractivity contribution is 0.0973. The Kier molecular flexibility index (Phi) is 4.43. The quantitative estimate of drug-likeness (QED) is 0.666. The van der Waals surface area contributed by atoms with Gasteiger partial charge in [-0.3, -0.25) is 9.59 Å². The van der Waals surface area contributed by atoms with Crippen LogP contribution >= 0.6 is 11.6 Å². The Morgan fingerprint density at radius 2 is 1.56 bits per heavy atom. The largest absolute Gasteiger partial charge is 0.497 e. The molecular weight excluding hydrogens is 344 g/mol. The van der Waals surface area contributed by atoms with Crippen LogP contribution in [0.25, 0.3) is 0 Å². The van der Waals surface area contributed by atoms with Gasteiger partial charge < -0.3 is 14.2 Å². The van der Waals surface area contributed by atoms with Crippen molar-refractivity contribution >= 4 is 23.2 Å². The highest BCUT2D eigenvalue weighted by Gasteiger charge is 2.37. The van der Waals surface area contributed by atoms with Gasteiger partial charge >= 0.3 is 0 Å². The Morgan fingerprint density at radius 3 is 2.12 bits per heavy atom. The number of hydrogen-bond acceptors (Lipinski definition) is 5. The van der Waals surface area contributed by atoms with E-state index in [1.807, 2.05) is 6.92 Å². The van der Waals surface area contributed by atoms with Crippen LogP contribution in [0, 0.1) is 6.92 Å². The summed E-state index contributed by atoms with van der Waals surface area (Å²) in [5.41, 5.74) is 2.49. The fraction of sp³-hybridized carbons (Fsp3) is 0.263. The first-order valence-electron chi connectivity index (χ1n) is 7.60. The van der Waals surface area contributed by atoms with Gasteiger partial charge in [0.25, 0.3) is 0 Å². The molecule has 0 bridgehead atoms. The van der Waals surface area contributed by atoms with E-state index in [-0.39, 0.29) is 39.9 Å². The summed E-state index contributed by atoms with van der Waals surface area (Å²) in [5, 5.41) is 0. The first-order valence-corrected chi connectivity index (χ1v) is 8.13. The smallest absolute Gasteiger partial charge is 0.202 e. The number of carbonyl (C=O) groups is 2. The maximum atomic E-state index is 13.2. The van der Waals surface area contributed by atoms with Crippen molar-refractivity contribution in [2.24, 2.45) is 0 Å². The van der Waals surface area contributed by atoms with Crippen molar-refractivity contribution < 1.29 is 23.8 Å². The van der Waals surface area contributed by atoms with E-state index in [1.165, 1.54) is 21.3 Å². The van der Waals surface area contributed by atoms with Crippen LogP contribution in [0.4, 0.5) is 0 Å². The third kappa shape index (κ3) is 2.46. The number of ether oxygens (including phenoxy) is 3. The van der Waals surface area contributed by atoms with Gasteiger partial charge in [0.2, 0.25) is 5.78 Å². The van der Waals surface area contributed by atoms with E-state index < -0.39 is 0 Å². The van der Waals surface area contributed by atoms with Gasteiger partial charge in [-0.1, -0.05) is 0 Å². The maximum absolute atomic E-state index is 13.2. The first-order chi connectivity index (χ1) is 12.0. The monoisotopic (exact) mass is 360 g/mol. The van der Waals surface area contributed by atoms with Gasteiger partial charge in [0.05, 0.1) is 38.3 Å². The number of hydrogen-bond donors (Lipinski definition) is 0.